The van der Waals surface area contributed by atoms with Gasteiger partial charge in [-0.2, -0.15) is 0 Å². The van der Waals surface area contributed by atoms with Gasteiger partial charge in [-0.25, -0.2) is 13.6 Å². The summed E-state index contributed by atoms with van der Waals surface area (Å²) in [6, 6.07) is 0. The molecule has 0 saturated carbocycles. The van der Waals surface area contributed by atoms with E-state index in [2.05, 4.69) is 5.32 Å². The molecule has 1 amide bonds. The first-order valence-electron chi connectivity index (χ1n) is 5.13. The van der Waals surface area contributed by atoms with Gasteiger partial charge in [-0.05, 0) is 18.9 Å². The highest BCUT2D eigenvalue weighted by molar-refractivity contribution is 7.89. The zero-order valence-electron chi connectivity index (χ0n) is 9.14. The number of nitrogens with two attached hydrogens (primary N) is 1. The fourth-order valence-corrected chi connectivity index (χ4v) is 2.05. The van der Waals surface area contributed by atoms with E-state index in [1.807, 2.05) is 6.92 Å². The minimum Gasteiger partial charge on any atom is -0.326 e. The van der Waals surface area contributed by atoms with E-state index in [-0.39, 0.29) is 5.91 Å². The maximum atomic E-state index is 11.3. The first kappa shape index (κ1) is 12.9. The Morgan fingerprint density at radius 2 is 2.31 bits per heavy atom. The third kappa shape index (κ3) is 3.79. The summed E-state index contributed by atoms with van der Waals surface area (Å²) in [5.41, 5.74) is 0.637. The van der Waals surface area contributed by atoms with Gasteiger partial charge >= 0.3 is 0 Å². The highest BCUT2D eigenvalue weighted by Crippen LogP contribution is 2.13. The van der Waals surface area contributed by atoms with Crippen molar-refractivity contribution in [2.75, 3.05) is 0 Å². The summed E-state index contributed by atoms with van der Waals surface area (Å²) in [7, 11) is -3.53. The van der Waals surface area contributed by atoms with E-state index in [1.54, 1.807) is 12.2 Å². The molecule has 1 aliphatic carbocycles. The molecule has 3 N–H and O–H groups in total. The van der Waals surface area contributed by atoms with Gasteiger partial charge in [-0.1, -0.05) is 19.1 Å². The second-order valence-corrected chi connectivity index (χ2v) is 5.46. The maximum absolute atomic E-state index is 11.3. The lowest BCUT2D eigenvalue weighted by Gasteiger charge is -2.14. The molecule has 0 bridgehead atoms. The summed E-state index contributed by atoms with van der Waals surface area (Å²) in [5.74, 6) is -0.0625. The molecule has 0 aromatic heterocycles. The number of rotatable bonds is 4. The normalized spacial score (nSPS) is 20.4. The molecular weight excluding hydrogens is 228 g/mol. The average Bonchev–Trinajstić information content (AvgIpc) is 2.17. The molecule has 0 aliphatic heterocycles. The number of allylic oxidation sites excluding steroid dienone is 2. The van der Waals surface area contributed by atoms with E-state index in [0.717, 1.165) is 6.42 Å². The van der Waals surface area contributed by atoms with Gasteiger partial charge in [0.1, 0.15) is 0 Å². The lowest BCUT2D eigenvalue weighted by atomic mass is 10.1. The molecule has 0 spiro atoms. The van der Waals surface area contributed by atoms with Crippen LogP contribution in [0.25, 0.3) is 0 Å². The molecule has 0 aromatic carbocycles. The van der Waals surface area contributed by atoms with E-state index in [0.29, 0.717) is 18.5 Å². The van der Waals surface area contributed by atoms with Crippen molar-refractivity contribution >= 4 is 15.9 Å². The number of hydrogen-bond acceptors (Lipinski definition) is 3. The number of carbonyl (C=O) groups is 1. The summed E-state index contributed by atoms with van der Waals surface area (Å²) in [5, 5.41) is 7.02. The van der Waals surface area contributed by atoms with Crippen LogP contribution in [0.5, 0.6) is 0 Å². The Bertz CT molecular complexity index is 423. The molecule has 1 unspecified atom stereocenters. The SMILES string of the molecule is CCCC(=O)NC1=CCC(S(N)(=O)=O)C=C1. The fourth-order valence-electron chi connectivity index (χ4n) is 1.39. The van der Waals surface area contributed by atoms with Crippen LogP contribution in [0.1, 0.15) is 26.2 Å². The molecule has 0 fully saturated rings. The van der Waals surface area contributed by atoms with Crippen LogP contribution in [0.4, 0.5) is 0 Å². The van der Waals surface area contributed by atoms with Crippen molar-refractivity contribution in [1.82, 2.24) is 5.32 Å². The van der Waals surface area contributed by atoms with Crippen molar-refractivity contribution < 1.29 is 13.2 Å². The first-order valence-corrected chi connectivity index (χ1v) is 6.74. The monoisotopic (exact) mass is 244 g/mol. The van der Waals surface area contributed by atoms with Crippen LogP contribution in [0, 0.1) is 0 Å². The molecule has 1 aliphatic rings. The Hall–Kier alpha value is -1.14. The smallest absolute Gasteiger partial charge is 0.224 e. The Labute approximate surface area is 95.5 Å². The summed E-state index contributed by atoms with van der Waals surface area (Å²) >= 11 is 0. The van der Waals surface area contributed by atoms with Crippen LogP contribution in [0.2, 0.25) is 0 Å². The molecule has 90 valence electrons. The highest BCUT2D eigenvalue weighted by Gasteiger charge is 2.19. The molecule has 0 heterocycles. The molecular formula is C10H16N2O3S. The van der Waals surface area contributed by atoms with Crippen LogP contribution >= 0.6 is 0 Å². The number of carbonyl (C=O) groups excluding carboxylic acids is 1. The van der Waals surface area contributed by atoms with Crippen LogP contribution in [0.15, 0.2) is 23.9 Å². The number of nitrogens with one attached hydrogen (secondary N) is 1. The van der Waals surface area contributed by atoms with Gasteiger partial charge in [0.2, 0.25) is 15.9 Å². The average molecular weight is 244 g/mol. The lowest BCUT2D eigenvalue weighted by Crippen LogP contribution is -2.29. The molecule has 0 saturated heterocycles. The van der Waals surface area contributed by atoms with Gasteiger partial charge in [0.05, 0.1) is 5.25 Å². The van der Waals surface area contributed by atoms with Crippen LogP contribution < -0.4 is 10.5 Å². The van der Waals surface area contributed by atoms with E-state index in [9.17, 15) is 13.2 Å². The van der Waals surface area contributed by atoms with E-state index in [4.69, 9.17) is 5.14 Å². The van der Waals surface area contributed by atoms with Crippen molar-refractivity contribution in [3.8, 4) is 0 Å². The van der Waals surface area contributed by atoms with Crippen LogP contribution in [-0.4, -0.2) is 19.6 Å². The topological polar surface area (TPSA) is 89.3 Å². The van der Waals surface area contributed by atoms with E-state index < -0.39 is 15.3 Å². The summed E-state index contributed by atoms with van der Waals surface area (Å²) in [6.07, 6.45) is 6.29. The Balaban J connectivity index is 2.55. The minimum atomic E-state index is -3.53. The van der Waals surface area contributed by atoms with Crippen LogP contribution in [0.3, 0.4) is 0 Å². The van der Waals surface area contributed by atoms with Crippen molar-refractivity contribution in [1.29, 1.82) is 0 Å². The zero-order valence-corrected chi connectivity index (χ0v) is 9.96. The summed E-state index contributed by atoms with van der Waals surface area (Å²) in [6.45, 7) is 1.92. The Morgan fingerprint density at radius 3 is 2.75 bits per heavy atom. The summed E-state index contributed by atoms with van der Waals surface area (Å²) in [4.78, 5) is 11.3. The van der Waals surface area contributed by atoms with Gasteiger partial charge in [-0.3, -0.25) is 4.79 Å². The standard InChI is InChI=1S/C10H16N2O3S/c1-2-3-10(13)12-8-4-6-9(7-5-8)16(11,14)15/h4-6,9H,2-3,7H2,1H3,(H,12,13)(H2,11,14,15). The zero-order chi connectivity index (χ0) is 12.2. The molecule has 0 radical (unpaired) electrons. The number of primary sulfonamides is 1. The first-order chi connectivity index (χ1) is 7.43. The third-order valence-electron chi connectivity index (χ3n) is 2.24. The highest BCUT2D eigenvalue weighted by atomic mass is 32.2. The summed E-state index contributed by atoms with van der Waals surface area (Å²) < 4.78 is 22.1. The second kappa shape index (κ2) is 5.27. The second-order valence-electron chi connectivity index (χ2n) is 3.68. The molecule has 1 rings (SSSR count). The number of hydrogen-bond donors (Lipinski definition) is 2. The van der Waals surface area contributed by atoms with Gasteiger partial charge in [-0.15, -0.1) is 0 Å². The van der Waals surface area contributed by atoms with Crippen LogP contribution in [-0.2, 0) is 14.8 Å². The van der Waals surface area contributed by atoms with E-state index >= 15 is 0 Å². The van der Waals surface area contributed by atoms with Gasteiger partial charge < -0.3 is 5.32 Å². The quantitative estimate of drug-likeness (QED) is 0.750. The largest absolute Gasteiger partial charge is 0.326 e. The Morgan fingerprint density at radius 1 is 1.62 bits per heavy atom. The van der Waals surface area contributed by atoms with Gasteiger partial charge in [0, 0.05) is 12.1 Å². The molecule has 5 nitrogen and oxygen atoms in total. The fraction of sp³-hybridized carbons (Fsp3) is 0.500. The predicted octanol–water partition coefficient (Wildman–Crippen LogP) is 0.404. The molecule has 0 aromatic rings. The minimum absolute atomic E-state index is 0.0625. The van der Waals surface area contributed by atoms with Crippen molar-refractivity contribution in [2.45, 2.75) is 31.4 Å². The third-order valence-corrected chi connectivity index (χ3v) is 3.44. The number of sulfonamides is 1. The molecule has 6 heteroatoms. The van der Waals surface area contributed by atoms with E-state index in [1.165, 1.54) is 6.08 Å². The van der Waals surface area contributed by atoms with Crippen molar-refractivity contribution in [3.63, 3.8) is 0 Å². The molecule has 16 heavy (non-hydrogen) atoms. The molecule has 1 atom stereocenters. The van der Waals surface area contributed by atoms with Crippen molar-refractivity contribution in [2.24, 2.45) is 5.14 Å². The van der Waals surface area contributed by atoms with Crippen molar-refractivity contribution in [3.05, 3.63) is 23.9 Å². The predicted molar refractivity (Wildman–Crippen MR) is 61.8 cm³/mol. The maximum Gasteiger partial charge on any atom is 0.224 e. The van der Waals surface area contributed by atoms with Gasteiger partial charge in [0.25, 0.3) is 0 Å². The lowest BCUT2D eigenvalue weighted by molar-refractivity contribution is -0.120. The Kier molecular flexibility index (Phi) is 4.26. The van der Waals surface area contributed by atoms with Gasteiger partial charge in [0.15, 0.2) is 0 Å². The number of amides is 1.